The molecule has 0 aliphatic carbocycles. The number of primary amides is 1. The second kappa shape index (κ2) is 4.99. The minimum absolute atomic E-state index is 0.0571. The van der Waals surface area contributed by atoms with Gasteiger partial charge in [0.2, 0.25) is 0 Å². The molecule has 2 unspecified atom stereocenters. The van der Waals surface area contributed by atoms with Crippen molar-refractivity contribution in [1.82, 2.24) is 15.2 Å². The number of hydrogen-bond donors (Lipinski definition) is 2. The lowest BCUT2D eigenvalue weighted by Gasteiger charge is -2.38. The molecule has 1 aromatic heterocycles. The van der Waals surface area contributed by atoms with Crippen LogP contribution in [-0.4, -0.2) is 35.0 Å². The molecule has 0 spiro atoms. The van der Waals surface area contributed by atoms with E-state index in [2.05, 4.69) is 10.3 Å². The highest BCUT2D eigenvalue weighted by Crippen LogP contribution is 2.33. The van der Waals surface area contributed by atoms with Crippen LogP contribution in [0.15, 0.2) is 18.2 Å². The number of thiazole rings is 1. The molecule has 1 aromatic carbocycles. The highest BCUT2D eigenvalue weighted by atomic mass is 32.1. The Hall–Kier alpha value is -1.73. The number of hydrogen-bond acceptors (Lipinski definition) is 4. The lowest BCUT2D eigenvalue weighted by atomic mass is 10.1. The first kappa shape index (κ1) is 13.3. The van der Waals surface area contributed by atoms with E-state index in [0.29, 0.717) is 18.6 Å². The van der Waals surface area contributed by atoms with Crippen LogP contribution in [0.1, 0.15) is 18.0 Å². The number of rotatable bonds is 1. The number of benzene rings is 1. The number of fused-ring (bicyclic) bond motifs is 1. The van der Waals surface area contributed by atoms with Gasteiger partial charge in [-0.15, -0.1) is 11.3 Å². The van der Waals surface area contributed by atoms with Crippen LogP contribution in [0.2, 0.25) is 0 Å². The van der Waals surface area contributed by atoms with Gasteiger partial charge in [0.25, 0.3) is 0 Å². The number of nitrogens with two attached hydrogens (primary N) is 1. The van der Waals surface area contributed by atoms with Gasteiger partial charge in [-0.25, -0.2) is 14.2 Å². The van der Waals surface area contributed by atoms with Crippen molar-refractivity contribution in [2.75, 3.05) is 13.1 Å². The number of nitrogens with zero attached hydrogens (tertiary/aromatic N) is 2. The monoisotopic (exact) mass is 294 g/mol. The Morgan fingerprint density at radius 2 is 2.40 bits per heavy atom. The highest BCUT2D eigenvalue weighted by molar-refractivity contribution is 7.18. The van der Waals surface area contributed by atoms with Crippen LogP contribution in [-0.2, 0) is 0 Å². The van der Waals surface area contributed by atoms with Gasteiger partial charge in [-0.1, -0.05) is 0 Å². The summed E-state index contributed by atoms with van der Waals surface area (Å²) in [6, 6.07) is 3.93. The van der Waals surface area contributed by atoms with E-state index in [1.54, 1.807) is 11.0 Å². The van der Waals surface area contributed by atoms with E-state index in [1.807, 2.05) is 6.92 Å². The van der Waals surface area contributed by atoms with Crippen LogP contribution in [0, 0.1) is 5.82 Å². The molecule has 106 valence electrons. The molecule has 3 N–H and O–H groups in total. The Kier molecular flexibility index (Phi) is 3.31. The summed E-state index contributed by atoms with van der Waals surface area (Å²) in [5.41, 5.74) is 6.07. The zero-order valence-electron chi connectivity index (χ0n) is 11.0. The minimum atomic E-state index is -0.450. The number of halogens is 1. The summed E-state index contributed by atoms with van der Waals surface area (Å²) in [4.78, 5) is 17.7. The quantitative estimate of drug-likeness (QED) is 0.843. The van der Waals surface area contributed by atoms with Crippen molar-refractivity contribution in [2.45, 2.75) is 19.0 Å². The average Bonchev–Trinajstić information content (AvgIpc) is 2.80. The van der Waals surface area contributed by atoms with Crippen molar-refractivity contribution in [3.8, 4) is 0 Å². The van der Waals surface area contributed by atoms with Gasteiger partial charge in [0.05, 0.1) is 10.2 Å². The summed E-state index contributed by atoms with van der Waals surface area (Å²) in [5, 5.41) is 4.10. The number of nitrogens with one attached hydrogen (secondary N) is 1. The van der Waals surface area contributed by atoms with Gasteiger partial charge in [-0.2, -0.15) is 0 Å². The molecule has 7 heteroatoms. The molecule has 1 saturated heterocycles. The molecule has 2 amide bonds. The SMILES string of the molecule is CC1NCCN(C(N)=O)C1c1nc2cc(F)ccc2s1. The van der Waals surface area contributed by atoms with Crippen LogP contribution in [0.25, 0.3) is 10.2 Å². The number of aromatic nitrogens is 1. The molecular weight excluding hydrogens is 279 g/mol. The van der Waals surface area contributed by atoms with Crippen LogP contribution in [0.5, 0.6) is 0 Å². The largest absolute Gasteiger partial charge is 0.351 e. The number of carbonyl (C=O) groups is 1. The predicted molar refractivity (Wildman–Crippen MR) is 76.1 cm³/mol. The summed E-state index contributed by atoms with van der Waals surface area (Å²) in [5.74, 6) is -0.309. The molecule has 1 aliphatic rings. The zero-order chi connectivity index (χ0) is 14.3. The molecule has 2 atom stereocenters. The summed E-state index contributed by atoms with van der Waals surface area (Å²) >= 11 is 1.47. The molecule has 3 rings (SSSR count). The van der Waals surface area contributed by atoms with Gasteiger partial charge in [0.1, 0.15) is 16.9 Å². The Morgan fingerprint density at radius 3 is 3.15 bits per heavy atom. The van der Waals surface area contributed by atoms with Crippen LogP contribution >= 0.6 is 11.3 Å². The topological polar surface area (TPSA) is 71.2 Å². The van der Waals surface area contributed by atoms with Gasteiger partial charge >= 0.3 is 6.03 Å². The fraction of sp³-hybridized carbons (Fsp3) is 0.385. The maximum Gasteiger partial charge on any atom is 0.315 e. The molecule has 0 saturated carbocycles. The molecule has 0 bridgehead atoms. The first-order valence-corrected chi connectivity index (χ1v) is 7.23. The fourth-order valence-electron chi connectivity index (χ4n) is 2.57. The van der Waals surface area contributed by atoms with Crippen LogP contribution < -0.4 is 11.1 Å². The van der Waals surface area contributed by atoms with Crippen LogP contribution in [0.4, 0.5) is 9.18 Å². The summed E-state index contributed by atoms with van der Waals surface area (Å²) in [6.45, 7) is 3.25. The van der Waals surface area contributed by atoms with Crippen molar-refractivity contribution < 1.29 is 9.18 Å². The average molecular weight is 294 g/mol. The Morgan fingerprint density at radius 1 is 1.60 bits per heavy atom. The lowest BCUT2D eigenvalue weighted by Crippen LogP contribution is -2.54. The van der Waals surface area contributed by atoms with E-state index in [4.69, 9.17) is 5.73 Å². The van der Waals surface area contributed by atoms with Crippen molar-refractivity contribution >= 4 is 27.6 Å². The standard InChI is InChI=1S/C13H15FN4OS/c1-7-11(18(13(15)19)5-4-16-7)12-17-9-6-8(14)2-3-10(9)20-12/h2-3,6-7,11,16H,4-5H2,1H3,(H2,15,19). The lowest BCUT2D eigenvalue weighted by molar-refractivity contribution is 0.144. The smallest absolute Gasteiger partial charge is 0.315 e. The fourth-order valence-corrected chi connectivity index (χ4v) is 3.74. The van der Waals surface area contributed by atoms with Crippen molar-refractivity contribution in [2.24, 2.45) is 5.73 Å². The second-order valence-electron chi connectivity index (χ2n) is 4.88. The first-order chi connectivity index (χ1) is 9.56. The van der Waals surface area contributed by atoms with E-state index in [0.717, 1.165) is 9.71 Å². The Bertz CT molecular complexity index is 659. The molecule has 5 nitrogen and oxygen atoms in total. The summed E-state index contributed by atoms with van der Waals surface area (Å²) in [7, 11) is 0. The molecule has 1 fully saturated rings. The van der Waals surface area contributed by atoms with Crippen molar-refractivity contribution in [3.05, 3.63) is 29.0 Å². The molecule has 2 aromatic rings. The minimum Gasteiger partial charge on any atom is -0.351 e. The number of carbonyl (C=O) groups excluding carboxylic acids is 1. The maximum atomic E-state index is 13.2. The van der Waals surface area contributed by atoms with E-state index >= 15 is 0 Å². The van der Waals surface area contributed by atoms with E-state index < -0.39 is 6.03 Å². The number of piperazine rings is 1. The van der Waals surface area contributed by atoms with Gasteiger partial charge in [0.15, 0.2) is 0 Å². The number of amides is 2. The second-order valence-corrected chi connectivity index (χ2v) is 5.95. The van der Waals surface area contributed by atoms with Crippen LogP contribution in [0.3, 0.4) is 0 Å². The van der Waals surface area contributed by atoms with Gasteiger partial charge < -0.3 is 16.0 Å². The predicted octanol–water partition coefficient (Wildman–Crippen LogP) is 1.85. The van der Waals surface area contributed by atoms with Crippen molar-refractivity contribution in [3.63, 3.8) is 0 Å². The molecular formula is C13H15FN4OS. The highest BCUT2D eigenvalue weighted by Gasteiger charge is 2.34. The maximum absolute atomic E-state index is 13.2. The third-order valence-corrected chi connectivity index (χ3v) is 4.64. The third-order valence-electron chi connectivity index (χ3n) is 3.53. The van der Waals surface area contributed by atoms with E-state index in [1.165, 1.54) is 23.5 Å². The van der Waals surface area contributed by atoms with Gasteiger partial charge in [-0.3, -0.25) is 0 Å². The summed E-state index contributed by atoms with van der Waals surface area (Å²) in [6.07, 6.45) is 0. The number of urea groups is 1. The molecule has 1 aliphatic heterocycles. The summed E-state index contributed by atoms with van der Waals surface area (Å²) < 4.78 is 14.1. The zero-order valence-corrected chi connectivity index (χ0v) is 11.8. The van der Waals surface area contributed by atoms with Gasteiger partial charge in [0, 0.05) is 25.2 Å². The third kappa shape index (κ3) is 2.23. The van der Waals surface area contributed by atoms with Crippen molar-refractivity contribution in [1.29, 1.82) is 0 Å². The van der Waals surface area contributed by atoms with E-state index in [9.17, 15) is 9.18 Å². The first-order valence-electron chi connectivity index (χ1n) is 6.41. The van der Waals surface area contributed by atoms with Gasteiger partial charge in [-0.05, 0) is 19.1 Å². The molecule has 0 radical (unpaired) electrons. The molecule has 2 heterocycles. The Labute approximate surface area is 119 Å². The van der Waals surface area contributed by atoms with E-state index in [-0.39, 0.29) is 17.9 Å². The normalized spacial score (nSPS) is 23.2. The Balaban J connectivity index is 2.04. The molecule has 20 heavy (non-hydrogen) atoms.